The van der Waals surface area contributed by atoms with Crippen molar-refractivity contribution in [1.82, 2.24) is 5.32 Å². The van der Waals surface area contributed by atoms with Crippen LogP contribution in [0.2, 0.25) is 0 Å². The number of ketones is 1. The lowest BCUT2D eigenvalue weighted by Gasteiger charge is -2.29. The van der Waals surface area contributed by atoms with E-state index in [-0.39, 0.29) is 11.8 Å². The van der Waals surface area contributed by atoms with Gasteiger partial charge in [-0.05, 0) is 28.9 Å². The molecule has 1 heterocycles. The number of Topliss-reactive ketones (excluding diaryl/α,β-unsaturated/α-hetero) is 1. The molecule has 1 aliphatic heterocycles. The molecule has 4 nitrogen and oxygen atoms in total. The van der Waals surface area contributed by atoms with E-state index in [1.54, 1.807) is 0 Å². The smallest absolute Gasteiger partial charge is 0.195 e. The lowest BCUT2D eigenvalue weighted by molar-refractivity contribution is 0.105. The van der Waals surface area contributed by atoms with E-state index in [1.807, 2.05) is 60.7 Å². The average molecular weight is 372 g/mol. The molecule has 0 aromatic heterocycles. The summed E-state index contributed by atoms with van der Waals surface area (Å²) in [4.78, 5) is 13.5. The predicted molar refractivity (Wildman–Crippen MR) is 113 cm³/mol. The third kappa shape index (κ3) is 3.16. The van der Waals surface area contributed by atoms with Crippen molar-refractivity contribution >= 4 is 22.1 Å². The first kappa shape index (κ1) is 18.3. The fraction of sp³-hybridized carbons (Fsp3) is 0.208. The SMILES string of the molecule is CCNC1CCOc2cccc(/C(=C\N)C(=O)c3cccc4ccccc34)c21. The third-order valence-electron chi connectivity index (χ3n) is 5.26. The maximum absolute atomic E-state index is 13.5. The molecule has 28 heavy (non-hydrogen) atoms. The second-order valence-electron chi connectivity index (χ2n) is 6.90. The van der Waals surface area contributed by atoms with E-state index in [4.69, 9.17) is 10.5 Å². The number of carbonyl (C=O) groups is 1. The van der Waals surface area contributed by atoms with E-state index in [0.717, 1.165) is 40.6 Å². The highest BCUT2D eigenvalue weighted by molar-refractivity contribution is 6.32. The van der Waals surface area contributed by atoms with Gasteiger partial charge in [-0.3, -0.25) is 4.79 Å². The molecule has 142 valence electrons. The summed E-state index contributed by atoms with van der Waals surface area (Å²) in [7, 11) is 0. The van der Waals surface area contributed by atoms with E-state index < -0.39 is 0 Å². The van der Waals surface area contributed by atoms with Crippen molar-refractivity contribution in [3.63, 3.8) is 0 Å². The van der Waals surface area contributed by atoms with Crippen LogP contribution in [0.5, 0.6) is 5.75 Å². The normalized spacial score (nSPS) is 16.5. The summed E-state index contributed by atoms with van der Waals surface area (Å²) in [6.45, 7) is 3.59. The summed E-state index contributed by atoms with van der Waals surface area (Å²) in [5.41, 5.74) is 9.01. The average Bonchev–Trinajstić information content (AvgIpc) is 2.74. The molecular weight excluding hydrogens is 348 g/mol. The molecule has 4 rings (SSSR count). The second-order valence-corrected chi connectivity index (χ2v) is 6.90. The first-order valence-electron chi connectivity index (χ1n) is 9.68. The Morgan fingerprint density at radius 2 is 1.86 bits per heavy atom. The van der Waals surface area contributed by atoms with Gasteiger partial charge < -0.3 is 15.8 Å². The highest BCUT2D eigenvalue weighted by atomic mass is 16.5. The van der Waals surface area contributed by atoms with Crippen molar-refractivity contribution in [3.8, 4) is 5.75 Å². The summed E-state index contributed by atoms with van der Waals surface area (Å²) in [5.74, 6) is 0.744. The van der Waals surface area contributed by atoms with Crippen LogP contribution in [0.1, 0.15) is 40.9 Å². The van der Waals surface area contributed by atoms with Crippen molar-refractivity contribution < 1.29 is 9.53 Å². The number of nitrogens with two attached hydrogens (primary N) is 1. The van der Waals surface area contributed by atoms with Gasteiger partial charge in [0.05, 0.1) is 6.61 Å². The molecule has 0 saturated carbocycles. The standard InChI is InChI=1S/C24H24N2O2/c1-2-26-21-13-14-28-22-12-6-10-18(23(21)22)20(15-25)24(27)19-11-5-8-16-7-3-4-9-17(16)19/h3-12,15,21,26H,2,13-14,25H2,1H3/b20-15+. The van der Waals surface area contributed by atoms with Crippen LogP contribution in [0.15, 0.2) is 66.9 Å². The van der Waals surface area contributed by atoms with Crippen LogP contribution in [-0.2, 0) is 0 Å². The van der Waals surface area contributed by atoms with Crippen molar-refractivity contribution in [2.45, 2.75) is 19.4 Å². The lowest BCUT2D eigenvalue weighted by Crippen LogP contribution is -2.28. The highest BCUT2D eigenvalue weighted by Gasteiger charge is 2.27. The molecule has 0 radical (unpaired) electrons. The highest BCUT2D eigenvalue weighted by Crippen LogP contribution is 2.38. The number of rotatable bonds is 5. The number of fused-ring (bicyclic) bond motifs is 2. The van der Waals surface area contributed by atoms with E-state index in [9.17, 15) is 4.79 Å². The molecule has 0 spiro atoms. The van der Waals surface area contributed by atoms with Gasteiger partial charge in [-0.1, -0.05) is 61.5 Å². The number of carbonyl (C=O) groups excluding carboxylic acids is 1. The van der Waals surface area contributed by atoms with E-state index in [1.165, 1.54) is 6.20 Å². The Morgan fingerprint density at radius 1 is 1.11 bits per heavy atom. The van der Waals surface area contributed by atoms with Gasteiger partial charge in [-0.15, -0.1) is 0 Å². The number of nitrogens with one attached hydrogen (secondary N) is 1. The molecule has 0 fully saturated rings. The Hall–Kier alpha value is -3.11. The van der Waals surface area contributed by atoms with Crippen LogP contribution in [0, 0.1) is 0 Å². The van der Waals surface area contributed by atoms with Crippen LogP contribution in [0.4, 0.5) is 0 Å². The van der Waals surface area contributed by atoms with E-state index in [0.29, 0.717) is 17.7 Å². The Labute approximate surface area is 165 Å². The van der Waals surface area contributed by atoms with Crippen molar-refractivity contribution in [1.29, 1.82) is 0 Å². The van der Waals surface area contributed by atoms with Crippen LogP contribution >= 0.6 is 0 Å². The van der Waals surface area contributed by atoms with Crippen molar-refractivity contribution in [2.75, 3.05) is 13.2 Å². The van der Waals surface area contributed by atoms with Gasteiger partial charge in [0.15, 0.2) is 5.78 Å². The summed E-state index contributed by atoms with van der Waals surface area (Å²) in [5, 5.41) is 5.47. The topological polar surface area (TPSA) is 64.3 Å². The quantitative estimate of drug-likeness (QED) is 0.513. The molecule has 1 atom stereocenters. The zero-order chi connectivity index (χ0) is 19.5. The van der Waals surface area contributed by atoms with Gasteiger partial charge in [0.25, 0.3) is 0 Å². The van der Waals surface area contributed by atoms with Gasteiger partial charge in [-0.2, -0.15) is 0 Å². The number of hydrogen-bond donors (Lipinski definition) is 2. The summed E-state index contributed by atoms with van der Waals surface area (Å²) in [6.07, 6.45) is 2.29. The number of allylic oxidation sites excluding steroid dienone is 1. The third-order valence-corrected chi connectivity index (χ3v) is 5.26. The predicted octanol–water partition coefficient (Wildman–Crippen LogP) is 4.46. The minimum absolute atomic E-state index is 0.0754. The first-order chi connectivity index (χ1) is 13.7. The molecule has 0 aliphatic carbocycles. The fourth-order valence-electron chi connectivity index (χ4n) is 4.00. The maximum atomic E-state index is 13.5. The second kappa shape index (κ2) is 7.87. The molecule has 3 aromatic carbocycles. The maximum Gasteiger partial charge on any atom is 0.195 e. The van der Waals surface area contributed by atoms with Gasteiger partial charge in [0, 0.05) is 35.4 Å². The summed E-state index contributed by atoms with van der Waals surface area (Å²) in [6, 6.07) is 19.7. The molecule has 3 N–H and O–H groups in total. The minimum Gasteiger partial charge on any atom is -0.493 e. The minimum atomic E-state index is -0.0754. The molecule has 0 amide bonds. The van der Waals surface area contributed by atoms with Crippen LogP contribution in [0.3, 0.4) is 0 Å². The number of ether oxygens (including phenoxy) is 1. The zero-order valence-corrected chi connectivity index (χ0v) is 15.9. The summed E-state index contributed by atoms with van der Waals surface area (Å²) >= 11 is 0. The van der Waals surface area contributed by atoms with Gasteiger partial charge >= 0.3 is 0 Å². The van der Waals surface area contributed by atoms with Gasteiger partial charge in [0.2, 0.25) is 0 Å². The monoisotopic (exact) mass is 372 g/mol. The molecule has 0 bridgehead atoms. The van der Waals surface area contributed by atoms with E-state index in [2.05, 4.69) is 12.2 Å². The summed E-state index contributed by atoms with van der Waals surface area (Å²) < 4.78 is 5.87. The number of hydrogen-bond acceptors (Lipinski definition) is 4. The Bertz CT molecular complexity index is 1050. The van der Waals surface area contributed by atoms with Crippen LogP contribution < -0.4 is 15.8 Å². The zero-order valence-electron chi connectivity index (χ0n) is 15.9. The fourth-order valence-corrected chi connectivity index (χ4v) is 4.00. The Balaban J connectivity index is 1.83. The molecule has 3 aromatic rings. The molecule has 4 heteroatoms. The van der Waals surface area contributed by atoms with Crippen LogP contribution in [0.25, 0.3) is 16.3 Å². The molecule has 1 unspecified atom stereocenters. The number of benzene rings is 3. The first-order valence-corrected chi connectivity index (χ1v) is 9.68. The van der Waals surface area contributed by atoms with Crippen molar-refractivity contribution in [2.24, 2.45) is 5.73 Å². The van der Waals surface area contributed by atoms with Gasteiger partial charge in [-0.25, -0.2) is 0 Å². The van der Waals surface area contributed by atoms with E-state index >= 15 is 0 Å². The van der Waals surface area contributed by atoms with Crippen molar-refractivity contribution in [3.05, 3.63) is 83.6 Å². The Kier molecular flexibility index (Phi) is 5.13. The van der Waals surface area contributed by atoms with Gasteiger partial charge in [0.1, 0.15) is 5.75 Å². The Morgan fingerprint density at radius 3 is 2.68 bits per heavy atom. The molecule has 1 aliphatic rings. The lowest BCUT2D eigenvalue weighted by atomic mass is 9.87. The molecular formula is C24H24N2O2. The molecule has 0 saturated heterocycles. The largest absolute Gasteiger partial charge is 0.493 e. The van der Waals surface area contributed by atoms with Crippen LogP contribution in [-0.4, -0.2) is 18.9 Å².